The van der Waals surface area contributed by atoms with E-state index in [1.165, 1.54) is 0 Å². The van der Waals surface area contributed by atoms with Crippen LogP contribution in [0.2, 0.25) is 0 Å². The van der Waals surface area contributed by atoms with Crippen LogP contribution in [0.4, 0.5) is 0 Å². The molecule has 1 amide bonds. The van der Waals surface area contributed by atoms with E-state index in [4.69, 9.17) is 4.52 Å². The number of thiophene rings is 1. The summed E-state index contributed by atoms with van der Waals surface area (Å²) in [4.78, 5) is 20.1. The zero-order chi connectivity index (χ0) is 16.2. The molecule has 1 aliphatic rings. The lowest BCUT2D eigenvalue weighted by Gasteiger charge is -2.33. The largest absolute Gasteiger partial charge is 0.342 e. The van der Waals surface area contributed by atoms with Crippen LogP contribution in [0.3, 0.4) is 0 Å². The lowest BCUT2D eigenvalue weighted by Crippen LogP contribution is -2.42. The van der Waals surface area contributed by atoms with E-state index in [9.17, 15) is 4.79 Å². The molecule has 0 aliphatic carbocycles. The number of hydrogen-bond donors (Lipinski definition) is 0. The van der Waals surface area contributed by atoms with E-state index in [2.05, 4.69) is 24.0 Å². The maximum absolute atomic E-state index is 12.6. The van der Waals surface area contributed by atoms with E-state index in [1.54, 1.807) is 11.3 Å². The first-order chi connectivity index (χ1) is 11.2. The van der Waals surface area contributed by atoms with Gasteiger partial charge in [-0.25, -0.2) is 0 Å². The highest BCUT2D eigenvalue weighted by Gasteiger charge is 2.30. The van der Waals surface area contributed by atoms with Gasteiger partial charge in [-0.2, -0.15) is 4.98 Å². The maximum Gasteiger partial charge on any atom is 0.231 e. The zero-order valence-corrected chi connectivity index (χ0v) is 14.5. The van der Waals surface area contributed by atoms with E-state index < -0.39 is 0 Å². The molecular weight excluding hydrogens is 310 g/mol. The second kappa shape index (κ2) is 7.25. The molecule has 0 radical (unpaired) electrons. The normalized spacial score (nSPS) is 18.6. The summed E-state index contributed by atoms with van der Waals surface area (Å²) >= 11 is 1.60. The number of carbonyl (C=O) groups excluding carboxylic acids is 1. The van der Waals surface area contributed by atoms with E-state index in [-0.39, 0.29) is 17.7 Å². The highest BCUT2D eigenvalue weighted by Crippen LogP contribution is 2.29. The first-order valence-corrected chi connectivity index (χ1v) is 9.27. The predicted molar refractivity (Wildman–Crippen MR) is 90.2 cm³/mol. The van der Waals surface area contributed by atoms with Gasteiger partial charge in [-0.15, -0.1) is 11.3 Å². The Hall–Kier alpha value is -1.69. The fourth-order valence-electron chi connectivity index (χ4n) is 3.18. The molecule has 0 bridgehead atoms. The van der Waals surface area contributed by atoms with Crippen LogP contribution in [0, 0.1) is 5.92 Å². The summed E-state index contributed by atoms with van der Waals surface area (Å²) in [7, 11) is 0. The van der Waals surface area contributed by atoms with Gasteiger partial charge < -0.3 is 9.42 Å². The summed E-state index contributed by atoms with van der Waals surface area (Å²) in [5.74, 6) is 1.88. The van der Waals surface area contributed by atoms with Crippen molar-refractivity contribution in [3.8, 4) is 10.7 Å². The molecule has 0 N–H and O–H groups in total. The van der Waals surface area contributed by atoms with Crippen molar-refractivity contribution in [2.45, 2.75) is 45.4 Å². The summed E-state index contributed by atoms with van der Waals surface area (Å²) in [5, 5.41) is 6.09. The Labute approximate surface area is 140 Å². The fraction of sp³-hybridized carbons (Fsp3) is 0.588. The number of likely N-dealkylation sites (tertiary alicyclic amines) is 1. The molecule has 6 heteroatoms. The Morgan fingerprint density at radius 3 is 3.00 bits per heavy atom. The summed E-state index contributed by atoms with van der Waals surface area (Å²) in [6, 6.07) is 3.97. The van der Waals surface area contributed by atoms with Gasteiger partial charge in [0.05, 0.1) is 10.8 Å². The molecule has 1 fully saturated rings. The minimum atomic E-state index is 0.137. The van der Waals surface area contributed by atoms with E-state index in [0.29, 0.717) is 18.3 Å². The minimum absolute atomic E-state index is 0.137. The molecular formula is C17H23N3O2S. The first-order valence-electron chi connectivity index (χ1n) is 8.39. The number of nitrogens with zero attached hydrogens (tertiary/aromatic N) is 3. The molecule has 1 saturated heterocycles. The van der Waals surface area contributed by atoms with Gasteiger partial charge in [0.2, 0.25) is 17.6 Å². The van der Waals surface area contributed by atoms with Crippen molar-refractivity contribution in [3.05, 3.63) is 23.4 Å². The monoisotopic (exact) mass is 333 g/mol. The molecule has 124 valence electrons. The van der Waals surface area contributed by atoms with Crippen molar-refractivity contribution < 1.29 is 9.32 Å². The molecule has 3 heterocycles. The molecule has 2 aromatic heterocycles. The number of hydrogen-bond acceptors (Lipinski definition) is 5. The van der Waals surface area contributed by atoms with Crippen LogP contribution >= 0.6 is 11.3 Å². The average Bonchev–Trinajstić information content (AvgIpc) is 3.27. The van der Waals surface area contributed by atoms with Gasteiger partial charge in [0, 0.05) is 19.0 Å². The van der Waals surface area contributed by atoms with Crippen LogP contribution in [-0.2, 0) is 4.79 Å². The van der Waals surface area contributed by atoms with Crippen molar-refractivity contribution in [2.75, 3.05) is 13.1 Å². The minimum Gasteiger partial charge on any atom is -0.342 e. The Morgan fingerprint density at radius 1 is 1.48 bits per heavy atom. The van der Waals surface area contributed by atoms with Gasteiger partial charge in [-0.3, -0.25) is 4.79 Å². The van der Waals surface area contributed by atoms with Crippen LogP contribution in [0.15, 0.2) is 22.0 Å². The lowest BCUT2D eigenvalue weighted by atomic mass is 9.95. The molecule has 1 aliphatic heterocycles. The number of aromatic nitrogens is 2. The van der Waals surface area contributed by atoms with Crippen molar-refractivity contribution in [1.82, 2.24) is 15.0 Å². The van der Waals surface area contributed by atoms with Crippen LogP contribution in [-0.4, -0.2) is 34.0 Å². The van der Waals surface area contributed by atoms with E-state index in [0.717, 1.165) is 37.1 Å². The fourth-order valence-corrected chi connectivity index (χ4v) is 3.83. The SMILES string of the molecule is CCC(CC)C(=O)N1CCC[C@@H](c2nc(-c3cccs3)no2)C1. The van der Waals surface area contributed by atoms with Crippen LogP contribution < -0.4 is 0 Å². The molecule has 0 aromatic carbocycles. The summed E-state index contributed by atoms with van der Waals surface area (Å²) in [6.07, 6.45) is 3.80. The van der Waals surface area contributed by atoms with Gasteiger partial charge >= 0.3 is 0 Å². The molecule has 0 spiro atoms. The second-order valence-electron chi connectivity index (χ2n) is 6.07. The van der Waals surface area contributed by atoms with E-state index in [1.807, 2.05) is 22.4 Å². The predicted octanol–water partition coefficient (Wildman–Crippen LogP) is 3.94. The molecule has 0 saturated carbocycles. The Kier molecular flexibility index (Phi) is 5.10. The third-order valence-electron chi connectivity index (χ3n) is 4.60. The van der Waals surface area contributed by atoms with E-state index >= 15 is 0 Å². The van der Waals surface area contributed by atoms with Crippen molar-refractivity contribution in [1.29, 1.82) is 0 Å². The summed E-state index contributed by atoms with van der Waals surface area (Å²) < 4.78 is 5.48. The van der Waals surface area contributed by atoms with Gasteiger partial charge in [0.15, 0.2) is 0 Å². The maximum atomic E-state index is 12.6. The zero-order valence-electron chi connectivity index (χ0n) is 13.7. The number of carbonyl (C=O) groups is 1. The van der Waals surface area contributed by atoms with Gasteiger partial charge in [-0.05, 0) is 37.1 Å². The molecule has 2 aromatic rings. The van der Waals surface area contributed by atoms with Gasteiger partial charge in [-0.1, -0.05) is 25.1 Å². The number of rotatable bonds is 5. The van der Waals surface area contributed by atoms with Gasteiger partial charge in [0.25, 0.3) is 0 Å². The average molecular weight is 333 g/mol. The Morgan fingerprint density at radius 2 is 2.30 bits per heavy atom. The third kappa shape index (κ3) is 3.47. The molecule has 5 nitrogen and oxygen atoms in total. The topological polar surface area (TPSA) is 59.2 Å². The summed E-state index contributed by atoms with van der Waals surface area (Å²) in [6.45, 7) is 5.71. The standard InChI is InChI=1S/C17H23N3O2S/c1-3-12(4-2)17(21)20-9-5-7-13(11-20)16-18-15(19-22-16)14-8-6-10-23-14/h6,8,10,12-13H,3-5,7,9,11H2,1-2H3/t13-/m1/s1. The van der Waals surface area contributed by atoms with Crippen LogP contribution in [0.1, 0.15) is 51.3 Å². The van der Waals surface area contributed by atoms with Crippen LogP contribution in [0.25, 0.3) is 10.7 Å². The molecule has 0 unspecified atom stereocenters. The Bertz CT molecular complexity index is 634. The smallest absolute Gasteiger partial charge is 0.231 e. The highest BCUT2D eigenvalue weighted by atomic mass is 32.1. The van der Waals surface area contributed by atoms with Crippen molar-refractivity contribution in [2.24, 2.45) is 5.92 Å². The third-order valence-corrected chi connectivity index (χ3v) is 5.47. The van der Waals surface area contributed by atoms with Crippen molar-refractivity contribution >= 4 is 17.2 Å². The van der Waals surface area contributed by atoms with Crippen molar-refractivity contribution in [3.63, 3.8) is 0 Å². The first kappa shape index (κ1) is 16.2. The summed E-state index contributed by atoms with van der Waals surface area (Å²) in [5.41, 5.74) is 0. The van der Waals surface area contributed by atoms with Crippen LogP contribution in [0.5, 0.6) is 0 Å². The highest BCUT2D eigenvalue weighted by molar-refractivity contribution is 7.13. The quantitative estimate of drug-likeness (QED) is 0.831. The molecule has 23 heavy (non-hydrogen) atoms. The lowest BCUT2D eigenvalue weighted by molar-refractivity contribution is -0.137. The second-order valence-corrected chi connectivity index (χ2v) is 7.02. The van der Waals surface area contributed by atoms with Gasteiger partial charge in [0.1, 0.15) is 0 Å². The molecule has 3 rings (SSSR count). The number of piperidine rings is 1. The number of amides is 1. The Balaban J connectivity index is 1.70. The molecule has 1 atom stereocenters.